The molecule has 0 radical (unpaired) electrons. The molecule has 0 unspecified atom stereocenters. The van der Waals surface area contributed by atoms with Crippen LogP contribution in [0.1, 0.15) is 5.56 Å². The number of hydrogen-bond acceptors (Lipinski definition) is 5. The predicted octanol–water partition coefficient (Wildman–Crippen LogP) is 0.429. The third kappa shape index (κ3) is 3.86. The molecule has 7 heteroatoms. The number of fused-ring (bicyclic) bond motifs is 1. The first-order valence-corrected chi connectivity index (χ1v) is 6.09. The first-order chi connectivity index (χ1) is 9.54. The molecule has 0 spiro atoms. The van der Waals surface area contributed by atoms with Gasteiger partial charge in [0.25, 0.3) is 0 Å². The van der Waals surface area contributed by atoms with Crippen LogP contribution in [-0.2, 0) is 16.1 Å². The summed E-state index contributed by atoms with van der Waals surface area (Å²) in [7, 11) is 0. The minimum absolute atomic E-state index is 0.217. The van der Waals surface area contributed by atoms with E-state index in [1.54, 1.807) is 18.2 Å². The number of carboxylic acids is 2. The van der Waals surface area contributed by atoms with Crippen LogP contribution < -0.4 is 9.47 Å². The Labute approximate surface area is 115 Å². The van der Waals surface area contributed by atoms with Crippen molar-refractivity contribution in [1.82, 2.24) is 4.90 Å². The van der Waals surface area contributed by atoms with Gasteiger partial charge in [0.15, 0.2) is 11.5 Å². The van der Waals surface area contributed by atoms with Crippen LogP contribution in [0.15, 0.2) is 18.2 Å². The molecule has 1 aliphatic rings. The number of carboxylic acid groups (broad SMARTS) is 2. The number of hydrogen-bond donors (Lipinski definition) is 2. The Morgan fingerprint density at radius 3 is 2.25 bits per heavy atom. The summed E-state index contributed by atoms with van der Waals surface area (Å²) < 4.78 is 10.8. The zero-order valence-electron chi connectivity index (χ0n) is 10.7. The second-order valence-electron chi connectivity index (χ2n) is 4.41. The molecule has 0 bridgehead atoms. The molecule has 7 nitrogen and oxygen atoms in total. The zero-order valence-corrected chi connectivity index (χ0v) is 10.7. The molecule has 1 aromatic carbocycles. The zero-order chi connectivity index (χ0) is 14.5. The first kappa shape index (κ1) is 14.1. The van der Waals surface area contributed by atoms with E-state index in [1.807, 2.05) is 0 Å². The Morgan fingerprint density at radius 2 is 1.65 bits per heavy atom. The highest BCUT2D eigenvalue weighted by molar-refractivity contribution is 5.72. The Bertz CT molecular complexity index is 500. The van der Waals surface area contributed by atoms with Gasteiger partial charge in [0.05, 0.1) is 13.1 Å². The number of benzene rings is 1. The van der Waals surface area contributed by atoms with Gasteiger partial charge < -0.3 is 19.7 Å². The largest absolute Gasteiger partial charge is 0.486 e. The van der Waals surface area contributed by atoms with Gasteiger partial charge in [-0.3, -0.25) is 14.5 Å². The van der Waals surface area contributed by atoms with Crippen LogP contribution in [0.2, 0.25) is 0 Å². The minimum atomic E-state index is -1.07. The summed E-state index contributed by atoms with van der Waals surface area (Å²) in [6, 6.07) is 5.25. The average molecular weight is 281 g/mol. The Hall–Kier alpha value is -2.28. The van der Waals surface area contributed by atoms with Crippen LogP contribution in [0.4, 0.5) is 0 Å². The minimum Gasteiger partial charge on any atom is -0.486 e. The fraction of sp³-hybridized carbons (Fsp3) is 0.385. The van der Waals surface area contributed by atoms with E-state index in [0.717, 1.165) is 5.56 Å². The molecule has 2 rings (SSSR count). The fourth-order valence-corrected chi connectivity index (χ4v) is 1.99. The molecule has 0 saturated carbocycles. The highest BCUT2D eigenvalue weighted by Gasteiger charge is 2.16. The normalized spacial score (nSPS) is 13.2. The Kier molecular flexibility index (Phi) is 4.41. The Balaban J connectivity index is 2.09. The SMILES string of the molecule is O=C(O)CN(CC(=O)O)Cc1ccc2c(c1)OCCO2. The summed E-state index contributed by atoms with van der Waals surface area (Å²) in [4.78, 5) is 22.8. The molecular weight excluding hydrogens is 266 g/mol. The lowest BCUT2D eigenvalue weighted by Crippen LogP contribution is -2.34. The van der Waals surface area contributed by atoms with Crippen molar-refractivity contribution < 1.29 is 29.3 Å². The molecule has 0 aromatic heterocycles. The summed E-state index contributed by atoms with van der Waals surface area (Å²) in [6.45, 7) is 0.512. The van der Waals surface area contributed by atoms with Crippen molar-refractivity contribution in [2.45, 2.75) is 6.54 Å². The number of carbonyl (C=O) groups is 2. The van der Waals surface area contributed by atoms with E-state index >= 15 is 0 Å². The van der Waals surface area contributed by atoms with Crippen molar-refractivity contribution >= 4 is 11.9 Å². The van der Waals surface area contributed by atoms with E-state index in [-0.39, 0.29) is 19.6 Å². The third-order valence-electron chi connectivity index (χ3n) is 2.73. The number of nitrogens with zero attached hydrogens (tertiary/aromatic N) is 1. The number of ether oxygens (including phenoxy) is 2. The Morgan fingerprint density at radius 1 is 1.05 bits per heavy atom. The van der Waals surface area contributed by atoms with Gasteiger partial charge in [0.1, 0.15) is 13.2 Å². The van der Waals surface area contributed by atoms with Gasteiger partial charge >= 0.3 is 11.9 Å². The molecule has 0 amide bonds. The third-order valence-corrected chi connectivity index (χ3v) is 2.73. The van der Waals surface area contributed by atoms with Gasteiger partial charge in [-0.2, -0.15) is 0 Å². The fourth-order valence-electron chi connectivity index (χ4n) is 1.99. The van der Waals surface area contributed by atoms with Crippen molar-refractivity contribution in [3.05, 3.63) is 23.8 Å². The summed E-state index contributed by atoms with van der Waals surface area (Å²) in [5.41, 5.74) is 0.775. The van der Waals surface area contributed by atoms with Crippen molar-refractivity contribution in [3.63, 3.8) is 0 Å². The topological polar surface area (TPSA) is 96.3 Å². The molecule has 1 heterocycles. The van der Waals surface area contributed by atoms with E-state index in [1.165, 1.54) is 4.90 Å². The van der Waals surface area contributed by atoms with Crippen LogP contribution in [0.3, 0.4) is 0 Å². The van der Waals surface area contributed by atoms with Gasteiger partial charge in [-0.05, 0) is 17.7 Å². The lowest BCUT2D eigenvalue weighted by molar-refractivity contribution is -0.142. The second-order valence-corrected chi connectivity index (χ2v) is 4.41. The summed E-state index contributed by atoms with van der Waals surface area (Å²) in [5, 5.41) is 17.6. The molecule has 2 N–H and O–H groups in total. The highest BCUT2D eigenvalue weighted by atomic mass is 16.6. The van der Waals surface area contributed by atoms with Gasteiger partial charge in [-0.25, -0.2) is 0 Å². The average Bonchev–Trinajstić information content (AvgIpc) is 2.37. The van der Waals surface area contributed by atoms with Crippen LogP contribution in [0.25, 0.3) is 0 Å². The predicted molar refractivity (Wildman–Crippen MR) is 68.0 cm³/mol. The van der Waals surface area contributed by atoms with E-state index in [0.29, 0.717) is 24.7 Å². The maximum absolute atomic E-state index is 10.7. The van der Waals surface area contributed by atoms with Gasteiger partial charge in [-0.15, -0.1) is 0 Å². The molecular formula is C13H15NO6. The van der Waals surface area contributed by atoms with Crippen molar-refractivity contribution in [2.24, 2.45) is 0 Å². The maximum Gasteiger partial charge on any atom is 0.317 e. The van der Waals surface area contributed by atoms with Crippen molar-refractivity contribution in [3.8, 4) is 11.5 Å². The monoisotopic (exact) mass is 281 g/mol. The molecule has 0 atom stereocenters. The first-order valence-electron chi connectivity index (χ1n) is 6.09. The molecule has 0 saturated heterocycles. The second kappa shape index (κ2) is 6.25. The number of rotatable bonds is 6. The van der Waals surface area contributed by atoms with Crippen LogP contribution in [0.5, 0.6) is 11.5 Å². The van der Waals surface area contributed by atoms with Gasteiger partial charge in [0.2, 0.25) is 0 Å². The lowest BCUT2D eigenvalue weighted by Gasteiger charge is -2.21. The molecule has 108 valence electrons. The molecule has 0 aliphatic carbocycles. The smallest absolute Gasteiger partial charge is 0.317 e. The maximum atomic E-state index is 10.7. The van der Waals surface area contributed by atoms with E-state index < -0.39 is 11.9 Å². The lowest BCUT2D eigenvalue weighted by atomic mass is 10.1. The van der Waals surface area contributed by atoms with E-state index in [9.17, 15) is 9.59 Å². The van der Waals surface area contributed by atoms with Crippen LogP contribution >= 0.6 is 0 Å². The highest BCUT2D eigenvalue weighted by Crippen LogP contribution is 2.31. The standard InChI is InChI=1S/C13H15NO6/c15-12(16)7-14(8-13(17)18)6-9-1-2-10-11(5-9)20-4-3-19-10/h1-2,5H,3-4,6-8H2,(H,15,16)(H,17,18). The van der Waals surface area contributed by atoms with E-state index in [4.69, 9.17) is 19.7 Å². The summed E-state index contributed by atoms with van der Waals surface area (Å²) in [6.07, 6.45) is 0. The van der Waals surface area contributed by atoms with Crippen molar-refractivity contribution in [1.29, 1.82) is 0 Å². The molecule has 1 aliphatic heterocycles. The van der Waals surface area contributed by atoms with Gasteiger partial charge in [-0.1, -0.05) is 6.07 Å². The van der Waals surface area contributed by atoms with Crippen molar-refractivity contribution in [2.75, 3.05) is 26.3 Å². The van der Waals surface area contributed by atoms with Crippen LogP contribution in [-0.4, -0.2) is 53.4 Å². The van der Waals surface area contributed by atoms with Gasteiger partial charge in [0, 0.05) is 6.54 Å². The van der Waals surface area contributed by atoms with E-state index in [2.05, 4.69) is 0 Å². The molecule has 1 aromatic rings. The quantitative estimate of drug-likeness (QED) is 0.780. The summed E-state index contributed by atoms with van der Waals surface area (Å²) in [5.74, 6) is -0.894. The van der Waals surface area contributed by atoms with Crippen LogP contribution in [0, 0.1) is 0 Å². The molecule has 20 heavy (non-hydrogen) atoms. The summed E-state index contributed by atoms with van der Waals surface area (Å²) >= 11 is 0. The number of aliphatic carboxylic acids is 2. The molecule has 0 fully saturated rings.